The number of hydrogen-bond acceptors (Lipinski definition) is 6. The molecule has 0 amide bonds. The number of aromatic nitrogens is 1. The predicted octanol–water partition coefficient (Wildman–Crippen LogP) is 3.69. The van der Waals surface area contributed by atoms with Crippen LogP contribution < -0.4 is 0 Å². The van der Waals surface area contributed by atoms with Crippen LogP contribution in [0.5, 0.6) is 0 Å². The van der Waals surface area contributed by atoms with Crippen LogP contribution in [0.1, 0.15) is 56.7 Å². The van der Waals surface area contributed by atoms with E-state index in [2.05, 4.69) is 24.8 Å². The first-order valence-electron chi connectivity index (χ1n) is 11.7. The van der Waals surface area contributed by atoms with Crippen molar-refractivity contribution in [3.8, 4) is 0 Å². The fourth-order valence-corrected chi connectivity index (χ4v) is 6.08. The molecule has 33 heavy (non-hydrogen) atoms. The number of carbonyl (C=O) groups excluding carboxylic acids is 2. The van der Waals surface area contributed by atoms with E-state index in [0.29, 0.717) is 6.42 Å². The van der Waals surface area contributed by atoms with E-state index in [-0.39, 0.29) is 17.3 Å². The van der Waals surface area contributed by atoms with E-state index in [1.165, 1.54) is 20.3 Å². The van der Waals surface area contributed by atoms with Crippen LogP contribution in [0.25, 0.3) is 10.9 Å². The second-order valence-electron chi connectivity index (χ2n) is 9.37. The average Bonchev–Trinajstić information content (AvgIpc) is 3.17. The molecule has 178 valence electrons. The van der Waals surface area contributed by atoms with Crippen molar-refractivity contribution in [3.63, 3.8) is 0 Å². The molecule has 1 N–H and O–H groups in total. The van der Waals surface area contributed by atoms with Crippen molar-refractivity contribution in [2.75, 3.05) is 27.3 Å². The van der Waals surface area contributed by atoms with Gasteiger partial charge in [0.15, 0.2) is 0 Å². The van der Waals surface area contributed by atoms with Crippen LogP contribution in [0, 0.1) is 5.41 Å². The lowest BCUT2D eigenvalue weighted by atomic mass is 9.62. The number of hydrogen-bond donors (Lipinski definition) is 1. The van der Waals surface area contributed by atoms with Crippen molar-refractivity contribution >= 4 is 22.8 Å². The van der Waals surface area contributed by atoms with Crippen molar-refractivity contribution < 1.29 is 24.2 Å². The molecule has 1 aromatic carbocycles. The minimum absolute atomic E-state index is 0.173. The molecule has 2 aliphatic heterocycles. The summed E-state index contributed by atoms with van der Waals surface area (Å²) in [4.78, 5) is 26.9. The van der Waals surface area contributed by atoms with Gasteiger partial charge in [-0.15, -0.1) is 0 Å². The maximum Gasteiger partial charge on any atom is 0.359 e. The summed E-state index contributed by atoms with van der Waals surface area (Å²) in [5.74, 6) is -0.808. The number of nitrogens with zero attached hydrogens (tertiary/aromatic N) is 2. The van der Waals surface area contributed by atoms with Crippen molar-refractivity contribution in [2.45, 2.75) is 57.6 Å². The lowest BCUT2D eigenvalue weighted by Gasteiger charge is -2.50. The van der Waals surface area contributed by atoms with Crippen LogP contribution in [0.3, 0.4) is 0 Å². The lowest BCUT2D eigenvalue weighted by Crippen LogP contribution is -2.53. The third kappa shape index (κ3) is 3.72. The summed E-state index contributed by atoms with van der Waals surface area (Å²) in [6.07, 6.45) is 6.91. The summed E-state index contributed by atoms with van der Waals surface area (Å²) in [6.45, 7) is 5.89. The van der Waals surface area contributed by atoms with Gasteiger partial charge in [-0.25, -0.2) is 9.59 Å². The van der Waals surface area contributed by atoms with Crippen molar-refractivity contribution in [1.82, 2.24) is 9.47 Å². The standard InChI is InChI=1S/C26H34N2O5/c1-5-25-13-8-14-27(16-12-22(29)32-3)15-11-20-19-9-6-7-10-21(19)28(23(20)18(25)2)26(31,17-25)24(30)33-4/h6-7,9-10,12,16,18,31H,5,8,11,13-15,17H2,1-4H3/b16-12+/t18-,25+,26+/m1/s1. The van der Waals surface area contributed by atoms with Gasteiger partial charge in [-0.3, -0.25) is 0 Å². The zero-order valence-corrected chi connectivity index (χ0v) is 20.0. The molecule has 0 spiro atoms. The summed E-state index contributed by atoms with van der Waals surface area (Å²) >= 11 is 0. The first-order valence-corrected chi connectivity index (χ1v) is 11.7. The van der Waals surface area contributed by atoms with E-state index in [4.69, 9.17) is 9.47 Å². The highest BCUT2D eigenvalue weighted by atomic mass is 16.5. The van der Waals surface area contributed by atoms with E-state index >= 15 is 0 Å². The number of rotatable bonds is 4. The summed E-state index contributed by atoms with van der Waals surface area (Å²) in [5.41, 5.74) is 1.03. The second-order valence-corrected chi connectivity index (χ2v) is 9.37. The highest BCUT2D eigenvalue weighted by Gasteiger charge is 2.55. The third-order valence-corrected chi connectivity index (χ3v) is 7.93. The molecule has 0 saturated heterocycles. The highest BCUT2D eigenvalue weighted by Crippen LogP contribution is 2.56. The topological polar surface area (TPSA) is 81.0 Å². The zero-order chi connectivity index (χ0) is 23.8. The number of esters is 2. The number of carbonyl (C=O) groups is 2. The van der Waals surface area contributed by atoms with Crippen molar-refractivity contribution in [1.29, 1.82) is 0 Å². The van der Waals surface area contributed by atoms with Gasteiger partial charge in [-0.05, 0) is 42.7 Å². The normalized spacial score (nSPS) is 27.5. The quantitative estimate of drug-likeness (QED) is 0.561. The smallest absolute Gasteiger partial charge is 0.359 e. The molecule has 0 radical (unpaired) electrons. The number of aliphatic hydroxyl groups is 1. The Balaban J connectivity index is 1.92. The van der Waals surface area contributed by atoms with Crippen LogP contribution in [0.2, 0.25) is 0 Å². The Hall–Kier alpha value is -2.80. The number of fused-ring (bicyclic) bond motifs is 4. The van der Waals surface area contributed by atoms with Crippen LogP contribution >= 0.6 is 0 Å². The molecule has 4 rings (SSSR count). The van der Waals surface area contributed by atoms with Crippen LogP contribution in [0.15, 0.2) is 36.5 Å². The van der Waals surface area contributed by atoms with Gasteiger partial charge in [0.25, 0.3) is 0 Å². The van der Waals surface area contributed by atoms with E-state index in [9.17, 15) is 14.7 Å². The van der Waals surface area contributed by atoms with Crippen molar-refractivity contribution in [3.05, 3.63) is 47.8 Å². The van der Waals surface area contributed by atoms with Crippen LogP contribution in [0.4, 0.5) is 0 Å². The van der Waals surface area contributed by atoms with Gasteiger partial charge in [0.2, 0.25) is 5.72 Å². The molecule has 3 heterocycles. The van der Waals surface area contributed by atoms with Gasteiger partial charge < -0.3 is 24.0 Å². The molecule has 3 atom stereocenters. The molecule has 0 fully saturated rings. The number of benzene rings is 1. The number of methoxy groups -OCH3 is 2. The Bertz CT molecular complexity index is 1090. The summed E-state index contributed by atoms with van der Waals surface area (Å²) < 4.78 is 11.8. The summed E-state index contributed by atoms with van der Waals surface area (Å²) in [5, 5.41) is 13.0. The molecule has 2 aromatic rings. The van der Waals surface area contributed by atoms with Crippen LogP contribution in [-0.2, 0) is 31.2 Å². The predicted molar refractivity (Wildman–Crippen MR) is 126 cm³/mol. The van der Waals surface area contributed by atoms with Gasteiger partial charge in [0.1, 0.15) is 0 Å². The van der Waals surface area contributed by atoms with Gasteiger partial charge >= 0.3 is 11.9 Å². The molecule has 1 aromatic heterocycles. The van der Waals surface area contributed by atoms with E-state index in [1.54, 1.807) is 0 Å². The molecular weight excluding hydrogens is 420 g/mol. The second kappa shape index (κ2) is 8.86. The molecule has 7 heteroatoms. The Kier molecular flexibility index (Phi) is 6.27. The molecular formula is C26H34N2O5. The fraction of sp³-hybridized carbons (Fsp3) is 0.538. The maximum absolute atomic E-state index is 13.1. The summed E-state index contributed by atoms with van der Waals surface area (Å²) in [6, 6.07) is 7.96. The minimum Gasteiger partial charge on any atom is -0.466 e. The SMILES string of the molecule is CC[C@]12CCCN(/C=C/C(=O)OC)CCc3c(n(c4ccccc34)[C@@](O)(C(=O)OC)C1)[C@H]2C. The molecule has 7 nitrogen and oxygen atoms in total. The van der Waals surface area contributed by atoms with E-state index in [1.807, 2.05) is 29.0 Å². The van der Waals surface area contributed by atoms with E-state index in [0.717, 1.165) is 60.9 Å². The molecule has 2 aliphatic rings. The first kappa shape index (κ1) is 23.4. The monoisotopic (exact) mass is 454 g/mol. The van der Waals surface area contributed by atoms with Gasteiger partial charge in [-0.2, -0.15) is 0 Å². The highest BCUT2D eigenvalue weighted by molar-refractivity contribution is 5.89. The number of para-hydroxylation sites is 1. The molecule has 0 aliphatic carbocycles. The fourth-order valence-electron chi connectivity index (χ4n) is 6.08. The third-order valence-electron chi connectivity index (χ3n) is 7.93. The Morgan fingerprint density at radius 3 is 2.67 bits per heavy atom. The largest absolute Gasteiger partial charge is 0.466 e. The number of ether oxygens (including phenoxy) is 2. The average molecular weight is 455 g/mol. The molecule has 0 saturated carbocycles. The molecule has 0 unspecified atom stereocenters. The van der Waals surface area contributed by atoms with Crippen molar-refractivity contribution in [2.24, 2.45) is 5.41 Å². The Morgan fingerprint density at radius 1 is 1.21 bits per heavy atom. The van der Waals surface area contributed by atoms with Gasteiger partial charge in [-0.1, -0.05) is 32.0 Å². The zero-order valence-electron chi connectivity index (χ0n) is 20.0. The van der Waals surface area contributed by atoms with Gasteiger partial charge in [0.05, 0.1) is 19.7 Å². The lowest BCUT2D eigenvalue weighted by molar-refractivity contribution is -0.186. The molecule has 2 bridgehead atoms. The van der Waals surface area contributed by atoms with E-state index < -0.39 is 11.7 Å². The Morgan fingerprint density at radius 2 is 1.97 bits per heavy atom. The Labute approximate surface area is 195 Å². The van der Waals surface area contributed by atoms with Gasteiger partial charge in [0, 0.05) is 48.8 Å². The van der Waals surface area contributed by atoms with Crippen LogP contribution in [-0.4, -0.2) is 53.8 Å². The first-order chi connectivity index (χ1) is 15.8. The minimum atomic E-state index is -1.74. The maximum atomic E-state index is 13.1. The summed E-state index contributed by atoms with van der Waals surface area (Å²) in [7, 11) is 2.72.